The summed E-state index contributed by atoms with van der Waals surface area (Å²) in [6.45, 7) is 0. The van der Waals surface area contributed by atoms with Crippen molar-refractivity contribution < 1.29 is 14.6 Å². The molecule has 0 amide bonds. The summed E-state index contributed by atoms with van der Waals surface area (Å²) in [6, 6.07) is 4.57. The highest BCUT2D eigenvalue weighted by Gasteiger charge is 2.09. The highest BCUT2D eigenvalue weighted by atomic mass is 35.5. The summed E-state index contributed by atoms with van der Waals surface area (Å²) < 4.78 is 4.94. The minimum Gasteiger partial charge on any atom is -0.480 e. The first-order valence-corrected chi connectivity index (χ1v) is 5.64. The normalized spacial score (nSPS) is 10.0. The molecule has 7 heteroatoms. The van der Waals surface area contributed by atoms with Crippen LogP contribution in [0.25, 0.3) is 0 Å². The molecule has 2 aromatic rings. The SMILES string of the molecule is COc1cncc(Nc2ccc(Cl)c(C(=O)O)c2)n1. The van der Waals surface area contributed by atoms with Crippen LogP contribution in [-0.4, -0.2) is 28.2 Å². The van der Waals surface area contributed by atoms with Gasteiger partial charge >= 0.3 is 5.97 Å². The number of ether oxygens (including phenoxy) is 1. The van der Waals surface area contributed by atoms with E-state index in [0.29, 0.717) is 17.4 Å². The van der Waals surface area contributed by atoms with E-state index in [0.717, 1.165) is 0 Å². The van der Waals surface area contributed by atoms with Crippen molar-refractivity contribution in [3.8, 4) is 5.88 Å². The van der Waals surface area contributed by atoms with Crippen molar-refractivity contribution >= 4 is 29.1 Å². The quantitative estimate of drug-likeness (QED) is 0.895. The van der Waals surface area contributed by atoms with E-state index in [4.69, 9.17) is 21.4 Å². The monoisotopic (exact) mass is 279 g/mol. The number of benzene rings is 1. The number of carbonyl (C=O) groups is 1. The summed E-state index contributed by atoms with van der Waals surface area (Å²) in [5, 5.41) is 12.1. The molecule has 0 saturated carbocycles. The number of methoxy groups -OCH3 is 1. The Kier molecular flexibility index (Phi) is 3.82. The molecule has 0 fully saturated rings. The molecular weight excluding hydrogens is 270 g/mol. The minimum atomic E-state index is -1.09. The highest BCUT2D eigenvalue weighted by molar-refractivity contribution is 6.33. The number of halogens is 1. The molecule has 0 unspecified atom stereocenters. The Labute approximate surface area is 114 Å². The summed E-state index contributed by atoms with van der Waals surface area (Å²) in [6.07, 6.45) is 2.97. The first-order chi connectivity index (χ1) is 9.10. The lowest BCUT2D eigenvalue weighted by Crippen LogP contribution is -2.01. The zero-order valence-electron chi connectivity index (χ0n) is 9.92. The summed E-state index contributed by atoms with van der Waals surface area (Å²) in [4.78, 5) is 19.0. The van der Waals surface area contributed by atoms with Crippen molar-refractivity contribution in [3.05, 3.63) is 41.2 Å². The van der Waals surface area contributed by atoms with Gasteiger partial charge in [0.25, 0.3) is 0 Å². The fraction of sp³-hybridized carbons (Fsp3) is 0.0833. The number of anilines is 2. The highest BCUT2D eigenvalue weighted by Crippen LogP contribution is 2.23. The molecule has 2 N–H and O–H groups in total. The van der Waals surface area contributed by atoms with Gasteiger partial charge in [-0.3, -0.25) is 4.98 Å². The molecule has 0 aliphatic heterocycles. The molecule has 2 rings (SSSR count). The third-order valence-electron chi connectivity index (χ3n) is 2.29. The Balaban J connectivity index is 2.28. The van der Waals surface area contributed by atoms with Gasteiger partial charge in [0.2, 0.25) is 5.88 Å². The molecule has 19 heavy (non-hydrogen) atoms. The van der Waals surface area contributed by atoms with Crippen molar-refractivity contribution in [2.24, 2.45) is 0 Å². The molecule has 0 aliphatic rings. The molecule has 0 saturated heterocycles. The smallest absolute Gasteiger partial charge is 0.337 e. The van der Waals surface area contributed by atoms with Crippen LogP contribution in [-0.2, 0) is 0 Å². The second-order valence-corrected chi connectivity index (χ2v) is 3.98. The second kappa shape index (κ2) is 5.53. The van der Waals surface area contributed by atoms with Gasteiger partial charge in [-0.15, -0.1) is 0 Å². The molecule has 6 nitrogen and oxygen atoms in total. The van der Waals surface area contributed by atoms with Gasteiger partial charge in [0.1, 0.15) is 0 Å². The summed E-state index contributed by atoms with van der Waals surface area (Å²) in [7, 11) is 1.48. The third kappa shape index (κ3) is 3.11. The van der Waals surface area contributed by atoms with Crippen molar-refractivity contribution in [3.63, 3.8) is 0 Å². The minimum absolute atomic E-state index is 0.0162. The lowest BCUT2D eigenvalue weighted by molar-refractivity contribution is 0.0697. The first-order valence-electron chi connectivity index (χ1n) is 5.26. The molecule has 1 aromatic carbocycles. The molecule has 0 radical (unpaired) electrons. The van der Waals surface area contributed by atoms with Crippen molar-refractivity contribution in [2.75, 3.05) is 12.4 Å². The number of nitrogens with one attached hydrogen (secondary N) is 1. The Morgan fingerprint density at radius 1 is 1.42 bits per heavy atom. The van der Waals surface area contributed by atoms with Gasteiger partial charge in [-0.2, -0.15) is 4.98 Å². The Hall–Kier alpha value is -2.34. The van der Waals surface area contributed by atoms with E-state index >= 15 is 0 Å². The average molecular weight is 280 g/mol. The first kappa shape index (κ1) is 13.1. The van der Waals surface area contributed by atoms with Crippen LogP contribution in [0.5, 0.6) is 5.88 Å². The molecule has 98 valence electrons. The fourth-order valence-electron chi connectivity index (χ4n) is 1.42. The molecule has 0 aliphatic carbocycles. The van der Waals surface area contributed by atoms with Crippen LogP contribution in [0.15, 0.2) is 30.6 Å². The second-order valence-electron chi connectivity index (χ2n) is 3.57. The molecule has 0 bridgehead atoms. The van der Waals surface area contributed by atoms with Gasteiger partial charge in [0.05, 0.1) is 30.1 Å². The number of carboxylic acids is 1. The van der Waals surface area contributed by atoms with E-state index in [-0.39, 0.29) is 10.6 Å². The Morgan fingerprint density at radius 2 is 2.21 bits per heavy atom. The van der Waals surface area contributed by atoms with Gasteiger partial charge in [0.15, 0.2) is 5.82 Å². The van der Waals surface area contributed by atoms with Gasteiger partial charge < -0.3 is 15.2 Å². The standard InChI is InChI=1S/C12H10ClN3O3/c1-19-11-6-14-5-10(16-11)15-7-2-3-9(13)8(4-7)12(17)18/h2-6H,1H3,(H,15,16)(H,17,18). The molecule has 1 aromatic heterocycles. The number of hydrogen-bond acceptors (Lipinski definition) is 5. The maximum atomic E-state index is 11.0. The average Bonchev–Trinajstić information content (AvgIpc) is 2.41. The molecule has 1 heterocycles. The van der Waals surface area contributed by atoms with E-state index in [1.807, 2.05) is 0 Å². The predicted octanol–water partition coefficient (Wildman–Crippen LogP) is 2.58. The Bertz CT molecular complexity index is 619. The molecule has 0 spiro atoms. The van der Waals surface area contributed by atoms with Crippen LogP contribution in [0.3, 0.4) is 0 Å². The van der Waals surface area contributed by atoms with Gasteiger partial charge in [-0.05, 0) is 18.2 Å². The van der Waals surface area contributed by atoms with E-state index < -0.39 is 5.97 Å². The van der Waals surface area contributed by atoms with Crippen molar-refractivity contribution in [1.29, 1.82) is 0 Å². The van der Waals surface area contributed by atoms with Crippen LogP contribution >= 0.6 is 11.6 Å². The largest absolute Gasteiger partial charge is 0.480 e. The lowest BCUT2D eigenvalue weighted by atomic mass is 10.2. The molecular formula is C12H10ClN3O3. The predicted molar refractivity (Wildman–Crippen MR) is 70.3 cm³/mol. The summed E-state index contributed by atoms with van der Waals surface area (Å²) in [5.74, 6) is -0.291. The van der Waals surface area contributed by atoms with Gasteiger partial charge in [-0.1, -0.05) is 11.6 Å². The number of nitrogens with zero attached hydrogens (tertiary/aromatic N) is 2. The van der Waals surface area contributed by atoms with Crippen LogP contribution in [0.1, 0.15) is 10.4 Å². The zero-order chi connectivity index (χ0) is 13.8. The number of carboxylic acid groups (broad SMARTS) is 1. The van der Waals surface area contributed by atoms with Crippen LogP contribution in [0.4, 0.5) is 11.5 Å². The maximum absolute atomic E-state index is 11.0. The number of aromatic carboxylic acids is 1. The van der Waals surface area contributed by atoms with Crippen molar-refractivity contribution in [2.45, 2.75) is 0 Å². The van der Waals surface area contributed by atoms with Gasteiger partial charge in [-0.25, -0.2) is 4.79 Å². The fourth-order valence-corrected chi connectivity index (χ4v) is 1.62. The number of rotatable bonds is 4. The van der Waals surface area contributed by atoms with Crippen molar-refractivity contribution in [1.82, 2.24) is 9.97 Å². The van der Waals surface area contributed by atoms with E-state index in [1.165, 1.54) is 31.6 Å². The van der Waals surface area contributed by atoms with E-state index in [9.17, 15) is 4.79 Å². The van der Waals surface area contributed by atoms with E-state index in [1.54, 1.807) is 6.07 Å². The van der Waals surface area contributed by atoms with E-state index in [2.05, 4.69) is 15.3 Å². The Morgan fingerprint density at radius 3 is 2.89 bits per heavy atom. The van der Waals surface area contributed by atoms with Crippen LogP contribution < -0.4 is 10.1 Å². The van der Waals surface area contributed by atoms with Crippen LogP contribution in [0.2, 0.25) is 5.02 Å². The van der Waals surface area contributed by atoms with Crippen LogP contribution in [0, 0.1) is 0 Å². The topological polar surface area (TPSA) is 84.3 Å². The molecule has 0 atom stereocenters. The third-order valence-corrected chi connectivity index (χ3v) is 2.62. The lowest BCUT2D eigenvalue weighted by Gasteiger charge is -2.08. The zero-order valence-corrected chi connectivity index (χ0v) is 10.7. The number of aromatic nitrogens is 2. The maximum Gasteiger partial charge on any atom is 0.337 e. The number of hydrogen-bond donors (Lipinski definition) is 2. The van der Waals surface area contributed by atoms with Gasteiger partial charge in [0, 0.05) is 5.69 Å². The summed E-state index contributed by atoms with van der Waals surface area (Å²) >= 11 is 5.79. The summed E-state index contributed by atoms with van der Waals surface area (Å²) in [5.41, 5.74) is 0.562.